The molecular weight excluding hydrogens is 402 g/mol. The third-order valence-electron chi connectivity index (χ3n) is 5.11. The molecule has 2 aromatic carbocycles. The molecule has 2 amide bonds. The second-order valence-corrected chi connectivity index (χ2v) is 7.37. The maximum absolute atomic E-state index is 12.7. The van der Waals surface area contributed by atoms with Gasteiger partial charge in [0.1, 0.15) is 11.1 Å². The molecule has 0 radical (unpaired) electrons. The number of amides is 2. The number of benzene rings is 2. The van der Waals surface area contributed by atoms with Gasteiger partial charge in [-0.3, -0.25) is 9.59 Å². The molecule has 7 nitrogen and oxygen atoms in total. The normalized spacial score (nSPS) is 18.5. The predicted molar refractivity (Wildman–Crippen MR) is 115 cm³/mol. The van der Waals surface area contributed by atoms with Crippen LogP contribution in [0.15, 0.2) is 65.8 Å². The Balaban J connectivity index is 1.50. The molecule has 2 N–H and O–H groups in total. The first-order chi connectivity index (χ1) is 14.6. The zero-order valence-corrected chi connectivity index (χ0v) is 17.0. The molecule has 30 heavy (non-hydrogen) atoms. The van der Waals surface area contributed by atoms with Crippen LogP contribution in [0.3, 0.4) is 0 Å². The van der Waals surface area contributed by atoms with Crippen LogP contribution in [0.2, 0.25) is 5.15 Å². The van der Waals surface area contributed by atoms with Crippen LogP contribution < -0.4 is 10.7 Å². The van der Waals surface area contributed by atoms with E-state index in [1.54, 1.807) is 4.68 Å². The molecule has 1 fully saturated rings. The molecule has 0 bridgehead atoms. The van der Waals surface area contributed by atoms with E-state index in [-0.39, 0.29) is 11.8 Å². The van der Waals surface area contributed by atoms with E-state index in [4.69, 9.17) is 11.6 Å². The van der Waals surface area contributed by atoms with Gasteiger partial charge in [-0.2, -0.15) is 10.2 Å². The second-order valence-electron chi connectivity index (χ2n) is 7.01. The lowest BCUT2D eigenvalue weighted by Crippen LogP contribution is -2.34. The van der Waals surface area contributed by atoms with Gasteiger partial charge in [-0.25, -0.2) is 10.1 Å². The van der Waals surface area contributed by atoms with Crippen LogP contribution in [0.25, 0.3) is 5.69 Å². The third-order valence-corrected chi connectivity index (χ3v) is 5.47. The second kappa shape index (κ2) is 8.51. The van der Waals surface area contributed by atoms with Gasteiger partial charge >= 0.3 is 0 Å². The molecule has 0 unspecified atom stereocenters. The summed E-state index contributed by atoms with van der Waals surface area (Å²) in [6, 6.07) is 19.0. The molecule has 0 spiro atoms. The Morgan fingerprint density at radius 3 is 2.57 bits per heavy atom. The molecule has 0 saturated carbocycles. The average Bonchev–Trinajstić information content (AvgIpc) is 3.29. The summed E-state index contributed by atoms with van der Waals surface area (Å²) in [7, 11) is 0. The molecule has 152 valence electrons. The number of carbonyl (C=O) groups is 2. The van der Waals surface area contributed by atoms with Crippen LogP contribution in [-0.2, 0) is 9.59 Å². The smallest absolute Gasteiger partial charge is 0.253 e. The van der Waals surface area contributed by atoms with E-state index in [0.717, 1.165) is 11.3 Å². The Kier molecular flexibility index (Phi) is 5.63. The fourth-order valence-corrected chi connectivity index (χ4v) is 3.88. The maximum Gasteiger partial charge on any atom is 0.253 e. The van der Waals surface area contributed by atoms with Crippen molar-refractivity contribution in [3.8, 4) is 5.69 Å². The lowest BCUT2D eigenvalue weighted by Gasteiger charge is -2.15. The predicted octanol–water partition coefficient (Wildman–Crippen LogP) is 2.81. The summed E-state index contributed by atoms with van der Waals surface area (Å²) in [5.41, 5.74) is 5.50. The molecule has 2 heterocycles. The summed E-state index contributed by atoms with van der Waals surface area (Å²) in [5.74, 6) is -1.84. The SMILES string of the molecule is Cc1nn(-c2ccccc2)c(Cl)c1/C=N\NC(=O)[C@H]1C(=O)NC[C@@H]1c1ccccc1. The van der Waals surface area contributed by atoms with E-state index < -0.39 is 11.8 Å². The van der Waals surface area contributed by atoms with E-state index in [1.165, 1.54) is 6.21 Å². The number of hydrazone groups is 1. The first kappa shape index (κ1) is 19.8. The van der Waals surface area contributed by atoms with Gasteiger partial charge in [-0.15, -0.1) is 0 Å². The van der Waals surface area contributed by atoms with Crippen LogP contribution in [0, 0.1) is 12.8 Å². The highest BCUT2D eigenvalue weighted by atomic mass is 35.5. The number of halogens is 1. The quantitative estimate of drug-likeness (QED) is 0.377. The Hall–Kier alpha value is -3.45. The van der Waals surface area contributed by atoms with Crippen molar-refractivity contribution in [2.45, 2.75) is 12.8 Å². The number of aromatic nitrogens is 2. The van der Waals surface area contributed by atoms with Crippen molar-refractivity contribution in [3.63, 3.8) is 0 Å². The number of nitrogens with zero attached hydrogens (tertiary/aromatic N) is 3. The Bertz CT molecular complexity index is 1100. The molecule has 3 aromatic rings. The number of para-hydroxylation sites is 1. The Labute approximate surface area is 178 Å². The molecule has 8 heteroatoms. The number of aryl methyl sites for hydroxylation is 1. The lowest BCUT2D eigenvalue weighted by molar-refractivity contribution is -0.133. The molecular formula is C22H20ClN5O2. The van der Waals surface area contributed by atoms with Gasteiger partial charge in [-0.1, -0.05) is 60.1 Å². The van der Waals surface area contributed by atoms with Gasteiger partial charge < -0.3 is 5.32 Å². The molecule has 1 aliphatic rings. The molecule has 1 saturated heterocycles. The van der Waals surface area contributed by atoms with Gasteiger partial charge in [0.25, 0.3) is 5.91 Å². The first-order valence-electron chi connectivity index (χ1n) is 9.52. The van der Waals surface area contributed by atoms with E-state index in [0.29, 0.717) is 23.0 Å². The standard InChI is InChI=1S/C22H20ClN5O2/c1-14-17(20(23)28(27-14)16-10-6-3-7-11-16)13-25-26-22(30)19-18(12-24-21(19)29)15-8-4-2-5-9-15/h2-11,13,18-19H,12H2,1H3,(H,24,29)(H,26,30)/b25-13-/t18-,19-/m1/s1. The fourth-order valence-electron chi connectivity index (χ4n) is 3.56. The van der Waals surface area contributed by atoms with Gasteiger partial charge in [0, 0.05) is 12.5 Å². The van der Waals surface area contributed by atoms with Crippen molar-refractivity contribution in [3.05, 3.63) is 82.6 Å². The molecule has 2 atom stereocenters. The highest BCUT2D eigenvalue weighted by Crippen LogP contribution is 2.29. The molecule has 0 aliphatic carbocycles. The zero-order valence-electron chi connectivity index (χ0n) is 16.2. The Morgan fingerprint density at radius 2 is 1.87 bits per heavy atom. The minimum absolute atomic E-state index is 0.236. The topological polar surface area (TPSA) is 88.4 Å². The molecule has 4 rings (SSSR count). The monoisotopic (exact) mass is 421 g/mol. The van der Waals surface area contributed by atoms with Gasteiger partial charge in [0.15, 0.2) is 0 Å². The first-order valence-corrected chi connectivity index (χ1v) is 9.90. The summed E-state index contributed by atoms with van der Waals surface area (Å²) in [6.45, 7) is 2.23. The lowest BCUT2D eigenvalue weighted by atomic mass is 9.88. The largest absolute Gasteiger partial charge is 0.355 e. The van der Waals surface area contributed by atoms with E-state index in [9.17, 15) is 9.59 Å². The van der Waals surface area contributed by atoms with E-state index in [1.807, 2.05) is 67.6 Å². The molecule has 1 aliphatic heterocycles. The average molecular weight is 422 g/mol. The van der Waals surface area contributed by atoms with Gasteiger partial charge in [0.2, 0.25) is 5.91 Å². The Morgan fingerprint density at radius 1 is 1.20 bits per heavy atom. The zero-order chi connectivity index (χ0) is 21.1. The van der Waals surface area contributed by atoms with Crippen LogP contribution in [-0.4, -0.2) is 34.4 Å². The van der Waals surface area contributed by atoms with Gasteiger partial charge in [0.05, 0.1) is 23.2 Å². The van der Waals surface area contributed by atoms with E-state index in [2.05, 4.69) is 20.9 Å². The molecule has 1 aromatic heterocycles. The number of carbonyl (C=O) groups excluding carboxylic acids is 2. The van der Waals surface area contributed by atoms with Crippen LogP contribution in [0.5, 0.6) is 0 Å². The van der Waals surface area contributed by atoms with Crippen LogP contribution in [0.4, 0.5) is 0 Å². The van der Waals surface area contributed by atoms with Crippen molar-refractivity contribution < 1.29 is 9.59 Å². The van der Waals surface area contributed by atoms with Crippen molar-refractivity contribution in [1.82, 2.24) is 20.5 Å². The van der Waals surface area contributed by atoms with Crippen molar-refractivity contribution >= 4 is 29.6 Å². The van der Waals surface area contributed by atoms with Crippen molar-refractivity contribution in [2.75, 3.05) is 6.54 Å². The number of hydrogen-bond acceptors (Lipinski definition) is 4. The minimum Gasteiger partial charge on any atom is -0.355 e. The number of nitrogens with one attached hydrogen (secondary N) is 2. The third kappa shape index (κ3) is 3.84. The maximum atomic E-state index is 12.7. The number of hydrogen-bond donors (Lipinski definition) is 2. The summed E-state index contributed by atoms with van der Waals surface area (Å²) in [6.07, 6.45) is 1.45. The fraction of sp³-hybridized carbons (Fsp3) is 0.182. The van der Waals surface area contributed by atoms with Crippen LogP contribution >= 0.6 is 11.6 Å². The van der Waals surface area contributed by atoms with Crippen LogP contribution in [0.1, 0.15) is 22.7 Å². The highest BCUT2D eigenvalue weighted by molar-refractivity contribution is 6.32. The van der Waals surface area contributed by atoms with Crippen molar-refractivity contribution in [1.29, 1.82) is 0 Å². The summed E-state index contributed by atoms with van der Waals surface area (Å²) in [4.78, 5) is 24.9. The summed E-state index contributed by atoms with van der Waals surface area (Å²) < 4.78 is 1.61. The van der Waals surface area contributed by atoms with Gasteiger partial charge in [-0.05, 0) is 24.6 Å². The highest BCUT2D eigenvalue weighted by Gasteiger charge is 2.40. The summed E-state index contributed by atoms with van der Waals surface area (Å²) >= 11 is 6.47. The van der Waals surface area contributed by atoms with Crippen molar-refractivity contribution in [2.24, 2.45) is 11.0 Å². The minimum atomic E-state index is -0.840. The van der Waals surface area contributed by atoms with E-state index >= 15 is 0 Å². The number of rotatable bonds is 5. The summed E-state index contributed by atoms with van der Waals surface area (Å²) in [5, 5.41) is 11.6.